The van der Waals surface area contributed by atoms with Gasteiger partial charge in [-0.1, -0.05) is 103 Å². The van der Waals surface area contributed by atoms with Crippen molar-refractivity contribution in [2.24, 2.45) is 0 Å². The Morgan fingerprint density at radius 1 is 0.757 bits per heavy atom. The molecule has 0 bridgehead atoms. The monoisotopic (exact) mass is 549 g/mol. The van der Waals surface area contributed by atoms with E-state index in [2.05, 4.69) is 12.2 Å². The first kappa shape index (κ1) is 36.1. The first-order chi connectivity index (χ1) is 17.6. The number of carbonyl (C=O) groups is 1. The standard InChI is InChI=1S/C29H60N2O5S/c1-6-7-8-9-10-11-12-13-14-15-16-17-18-19-20-21-23-30-29(32)36-26-28(35-5)27-37(33,34)25-22-24-31(2,3)4/h28H,6-27H2,1-5H3/p+1. The largest absolute Gasteiger partial charge is 0.447 e. The summed E-state index contributed by atoms with van der Waals surface area (Å²) >= 11 is 0. The number of quaternary nitrogens is 1. The smallest absolute Gasteiger partial charge is 0.407 e. The van der Waals surface area contributed by atoms with Crippen molar-refractivity contribution in [2.45, 2.75) is 122 Å². The number of amides is 1. The fourth-order valence-corrected chi connectivity index (χ4v) is 5.93. The second kappa shape index (κ2) is 23.1. The van der Waals surface area contributed by atoms with Crippen LogP contribution >= 0.6 is 0 Å². The lowest BCUT2D eigenvalue weighted by Gasteiger charge is -2.23. The van der Waals surface area contributed by atoms with Gasteiger partial charge in [-0.05, 0) is 6.42 Å². The molecule has 8 heteroatoms. The van der Waals surface area contributed by atoms with Gasteiger partial charge in [-0.3, -0.25) is 0 Å². The Labute approximate surface area is 229 Å². The van der Waals surface area contributed by atoms with E-state index in [9.17, 15) is 13.2 Å². The molecular weight excluding hydrogens is 488 g/mol. The van der Waals surface area contributed by atoms with Crippen molar-refractivity contribution >= 4 is 15.9 Å². The Balaban J connectivity index is 3.61. The molecule has 0 saturated carbocycles. The minimum Gasteiger partial charge on any atom is -0.447 e. The maximum Gasteiger partial charge on any atom is 0.407 e. The minimum absolute atomic E-state index is 0.0597. The van der Waals surface area contributed by atoms with E-state index >= 15 is 0 Å². The van der Waals surface area contributed by atoms with Crippen molar-refractivity contribution in [1.29, 1.82) is 0 Å². The lowest BCUT2D eigenvalue weighted by Crippen LogP contribution is -2.37. The fraction of sp³-hybridized carbons (Fsp3) is 0.966. The van der Waals surface area contributed by atoms with Gasteiger partial charge in [0, 0.05) is 20.1 Å². The molecule has 0 aliphatic rings. The average molecular weight is 550 g/mol. The summed E-state index contributed by atoms with van der Waals surface area (Å²) in [5.41, 5.74) is 0. The van der Waals surface area contributed by atoms with E-state index in [0.717, 1.165) is 23.9 Å². The third-order valence-electron chi connectivity index (χ3n) is 6.76. The summed E-state index contributed by atoms with van der Waals surface area (Å²) in [7, 11) is 4.31. The van der Waals surface area contributed by atoms with E-state index in [0.29, 0.717) is 13.0 Å². The summed E-state index contributed by atoms with van der Waals surface area (Å²) in [5.74, 6) is -0.0130. The Morgan fingerprint density at radius 3 is 1.65 bits per heavy atom. The number of carbonyl (C=O) groups excluding carboxylic acids is 1. The highest BCUT2D eigenvalue weighted by atomic mass is 32.2. The first-order valence-electron chi connectivity index (χ1n) is 15.0. The van der Waals surface area contributed by atoms with Crippen LogP contribution in [0.1, 0.15) is 116 Å². The van der Waals surface area contributed by atoms with E-state index < -0.39 is 22.0 Å². The fourth-order valence-electron chi connectivity index (χ4n) is 4.39. The summed E-state index contributed by atoms with van der Waals surface area (Å²) in [6, 6.07) is 0. The molecule has 1 amide bonds. The Morgan fingerprint density at radius 2 is 1.22 bits per heavy atom. The third kappa shape index (κ3) is 26.5. The number of hydrogen-bond donors (Lipinski definition) is 1. The Kier molecular flexibility index (Phi) is 22.5. The van der Waals surface area contributed by atoms with Gasteiger partial charge in [0.25, 0.3) is 0 Å². The zero-order chi connectivity index (χ0) is 27.8. The average Bonchev–Trinajstić information content (AvgIpc) is 2.82. The molecule has 0 spiro atoms. The lowest BCUT2D eigenvalue weighted by molar-refractivity contribution is -0.870. The van der Waals surface area contributed by atoms with Crippen LogP contribution in [0.15, 0.2) is 0 Å². The molecule has 0 fully saturated rings. The lowest BCUT2D eigenvalue weighted by atomic mass is 10.0. The van der Waals surface area contributed by atoms with E-state index in [1.165, 1.54) is 97.0 Å². The van der Waals surface area contributed by atoms with Crippen molar-refractivity contribution < 1.29 is 27.2 Å². The van der Waals surface area contributed by atoms with Gasteiger partial charge in [-0.2, -0.15) is 0 Å². The van der Waals surface area contributed by atoms with E-state index in [-0.39, 0.29) is 18.1 Å². The summed E-state index contributed by atoms with van der Waals surface area (Å²) < 4.78 is 35.8. The summed E-state index contributed by atoms with van der Waals surface area (Å²) in [5, 5.41) is 2.76. The van der Waals surface area contributed by atoms with Crippen LogP contribution in [0.25, 0.3) is 0 Å². The van der Waals surface area contributed by atoms with Gasteiger partial charge in [0.1, 0.15) is 12.7 Å². The zero-order valence-electron chi connectivity index (χ0n) is 25.0. The molecule has 0 saturated heterocycles. The number of alkyl carbamates (subject to hydrolysis) is 1. The quantitative estimate of drug-likeness (QED) is 0.0984. The predicted octanol–water partition coefficient (Wildman–Crippen LogP) is 6.50. The predicted molar refractivity (Wildman–Crippen MR) is 156 cm³/mol. The molecule has 1 N–H and O–H groups in total. The van der Waals surface area contributed by atoms with Crippen LogP contribution in [0.2, 0.25) is 0 Å². The number of unbranched alkanes of at least 4 members (excludes halogenated alkanes) is 15. The highest BCUT2D eigenvalue weighted by molar-refractivity contribution is 7.91. The van der Waals surface area contributed by atoms with Crippen LogP contribution in [-0.2, 0) is 19.3 Å². The summed E-state index contributed by atoms with van der Waals surface area (Å²) in [4.78, 5) is 11.9. The van der Waals surface area contributed by atoms with Crippen molar-refractivity contribution in [2.75, 3.05) is 59.5 Å². The molecule has 0 aromatic carbocycles. The normalized spacial score (nSPS) is 13.0. The van der Waals surface area contributed by atoms with Gasteiger partial charge < -0.3 is 19.3 Å². The summed E-state index contributed by atoms with van der Waals surface area (Å²) in [6.07, 6.45) is 20.5. The van der Waals surface area contributed by atoms with E-state index in [4.69, 9.17) is 9.47 Å². The van der Waals surface area contributed by atoms with Crippen LogP contribution in [-0.4, -0.2) is 84.6 Å². The van der Waals surface area contributed by atoms with Gasteiger partial charge >= 0.3 is 6.09 Å². The molecular formula is C29H61N2O5S+. The first-order valence-corrected chi connectivity index (χ1v) is 16.9. The van der Waals surface area contributed by atoms with Gasteiger partial charge in [0.2, 0.25) is 0 Å². The van der Waals surface area contributed by atoms with Crippen LogP contribution in [0.5, 0.6) is 0 Å². The molecule has 0 aromatic heterocycles. The highest BCUT2D eigenvalue weighted by Crippen LogP contribution is 2.13. The number of rotatable bonds is 26. The van der Waals surface area contributed by atoms with Gasteiger partial charge in [-0.15, -0.1) is 0 Å². The van der Waals surface area contributed by atoms with Crippen LogP contribution in [0.3, 0.4) is 0 Å². The molecule has 1 atom stereocenters. The van der Waals surface area contributed by atoms with Crippen LogP contribution in [0, 0.1) is 0 Å². The second-order valence-electron chi connectivity index (χ2n) is 11.7. The maximum absolute atomic E-state index is 12.3. The van der Waals surface area contributed by atoms with Crippen LogP contribution < -0.4 is 5.32 Å². The Hall–Kier alpha value is -0.860. The molecule has 0 rings (SSSR count). The molecule has 222 valence electrons. The van der Waals surface area contributed by atoms with Gasteiger partial charge in [0.05, 0.1) is 39.2 Å². The molecule has 0 aliphatic heterocycles. The van der Waals surface area contributed by atoms with Crippen molar-refractivity contribution in [3.8, 4) is 0 Å². The number of nitrogens with one attached hydrogen (secondary N) is 1. The van der Waals surface area contributed by atoms with Crippen molar-refractivity contribution in [3.05, 3.63) is 0 Å². The SMILES string of the molecule is CCCCCCCCCCCCCCCCCCNC(=O)OCC(CS(=O)(=O)CCC[N+](C)(C)C)OC. The zero-order valence-corrected chi connectivity index (χ0v) is 25.8. The number of ether oxygens (including phenoxy) is 2. The molecule has 1 unspecified atom stereocenters. The third-order valence-corrected chi connectivity index (χ3v) is 8.55. The van der Waals surface area contributed by atoms with Crippen molar-refractivity contribution in [3.63, 3.8) is 0 Å². The maximum atomic E-state index is 12.3. The number of hydrogen-bond acceptors (Lipinski definition) is 5. The number of sulfone groups is 1. The Bertz CT molecular complexity index is 635. The van der Waals surface area contributed by atoms with Crippen LogP contribution in [0.4, 0.5) is 4.79 Å². The molecule has 0 radical (unpaired) electrons. The minimum atomic E-state index is -3.26. The topological polar surface area (TPSA) is 81.7 Å². The van der Waals surface area contributed by atoms with Crippen molar-refractivity contribution in [1.82, 2.24) is 5.32 Å². The molecule has 0 heterocycles. The second-order valence-corrected chi connectivity index (χ2v) is 13.9. The molecule has 37 heavy (non-hydrogen) atoms. The molecule has 0 aliphatic carbocycles. The summed E-state index contributed by atoms with van der Waals surface area (Å²) in [6.45, 7) is 3.58. The van der Waals surface area contributed by atoms with Gasteiger partial charge in [0.15, 0.2) is 9.84 Å². The number of methoxy groups -OCH3 is 1. The van der Waals surface area contributed by atoms with E-state index in [1.807, 2.05) is 21.1 Å². The highest BCUT2D eigenvalue weighted by Gasteiger charge is 2.21. The molecule has 7 nitrogen and oxygen atoms in total. The van der Waals surface area contributed by atoms with E-state index in [1.54, 1.807) is 0 Å². The van der Waals surface area contributed by atoms with Gasteiger partial charge in [-0.25, -0.2) is 13.2 Å². The number of nitrogens with zero attached hydrogens (tertiary/aromatic N) is 1. The molecule has 0 aromatic rings.